The van der Waals surface area contributed by atoms with Crippen molar-refractivity contribution in [3.05, 3.63) is 60.2 Å². The Bertz CT molecular complexity index is 930. The van der Waals surface area contributed by atoms with Gasteiger partial charge in [-0.25, -0.2) is 0 Å². The fourth-order valence-corrected chi connectivity index (χ4v) is 4.67. The summed E-state index contributed by atoms with van der Waals surface area (Å²) in [5.74, 6) is -0.0626. The minimum Gasteiger partial charge on any atom is -0.497 e. The minimum atomic E-state index is -4.58. The maximum Gasteiger partial charge on any atom is 0.404 e. The molecule has 2 saturated heterocycles. The zero-order valence-corrected chi connectivity index (χ0v) is 18.1. The van der Waals surface area contributed by atoms with Crippen LogP contribution in [0.25, 0.3) is 0 Å². The molecule has 0 saturated carbocycles. The monoisotopic (exact) mass is 447 g/mol. The molecule has 1 atom stereocenters. The number of ether oxygens (including phenoxy) is 1. The fourth-order valence-electron chi connectivity index (χ4n) is 4.67. The summed E-state index contributed by atoms with van der Waals surface area (Å²) < 4.78 is 48.0. The van der Waals surface area contributed by atoms with Crippen LogP contribution in [0.4, 0.5) is 18.9 Å². The summed E-state index contributed by atoms with van der Waals surface area (Å²) in [5, 5.41) is 0. The predicted molar refractivity (Wildman–Crippen MR) is 117 cm³/mol. The van der Waals surface area contributed by atoms with Gasteiger partial charge in [-0.3, -0.25) is 9.69 Å². The van der Waals surface area contributed by atoms with Crippen LogP contribution in [0.15, 0.2) is 54.6 Å². The lowest BCUT2D eigenvalue weighted by molar-refractivity contribution is -0.223. The second-order valence-corrected chi connectivity index (χ2v) is 8.51. The number of rotatable bonds is 5. The molecule has 0 spiro atoms. The molecule has 2 fully saturated rings. The molecule has 4 rings (SSSR count). The van der Waals surface area contributed by atoms with Crippen molar-refractivity contribution in [2.24, 2.45) is 5.41 Å². The molecule has 1 amide bonds. The second kappa shape index (κ2) is 9.02. The van der Waals surface area contributed by atoms with Gasteiger partial charge in [0.2, 0.25) is 5.91 Å². The van der Waals surface area contributed by atoms with Crippen molar-refractivity contribution < 1.29 is 22.7 Å². The quantitative estimate of drug-likeness (QED) is 0.699. The van der Waals surface area contributed by atoms with Crippen LogP contribution in [0.1, 0.15) is 12.0 Å². The smallest absolute Gasteiger partial charge is 0.404 e. The van der Waals surface area contributed by atoms with Crippen molar-refractivity contribution in [2.75, 3.05) is 51.3 Å². The van der Waals surface area contributed by atoms with Crippen LogP contribution in [0.2, 0.25) is 0 Å². The average molecular weight is 448 g/mol. The first-order chi connectivity index (χ1) is 15.3. The summed E-state index contributed by atoms with van der Waals surface area (Å²) >= 11 is 0. The molecule has 0 bridgehead atoms. The zero-order chi connectivity index (χ0) is 22.8. The Morgan fingerprint density at radius 3 is 2.38 bits per heavy atom. The van der Waals surface area contributed by atoms with Crippen molar-refractivity contribution in [2.45, 2.75) is 19.1 Å². The number of methoxy groups -OCH3 is 1. The van der Waals surface area contributed by atoms with E-state index in [1.807, 2.05) is 54.6 Å². The SMILES string of the molecule is COc1cccc(N2CCN(C(=O)C3(C(F)(F)F)CCN(Cc4ccccc4)C3)CC2)c1. The second-order valence-electron chi connectivity index (χ2n) is 8.51. The first-order valence-corrected chi connectivity index (χ1v) is 10.8. The molecule has 0 radical (unpaired) electrons. The zero-order valence-electron chi connectivity index (χ0n) is 18.1. The third kappa shape index (κ3) is 4.41. The third-order valence-corrected chi connectivity index (χ3v) is 6.53. The van der Waals surface area contributed by atoms with Gasteiger partial charge < -0.3 is 14.5 Å². The molecule has 32 heavy (non-hydrogen) atoms. The van der Waals surface area contributed by atoms with Crippen LogP contribution in [0.5, 0.6) is 5.75 Å². The molecule has 172 valence electrons. The van der Waals surface area contributed by atoms with Crippen LogP contribution >= 0.6 is 0 Å². The van der Waals surface area contributed by atoms with E-state index in [0.29, 0.717) is 19.6 Å². The summed E-state index contributed by atoms with van der Waals surface area (Å²) in [6.45, 7) is 1.89. The number of hydrogen-bond donors (Lipinski definition) is 0. The molecular weight excluding hydrogens is 419 g/mol. The number of hydrogen-bond acceptors (Lipinski definition) is 4. The molecule has 2 aromatic rings. The fraction of sp³-hybridized carbons (Fsp3) is 0.458. The van der Waals surface area contributed by atoms with Crippen molar-refractivity contribution in [3.63, 3.8) is 0 Å². The van der Waals surface area contributed by atoms with E-state index >= 15 is 0 Å². The van der Waals surface area contributed by atoms with Gasteiger partial charge in [0, 0.05) is 51.0 Å². The summed E-state index contributed by atoms with van der Waals surface area (Å²) in [7, 11) is 1.59. The molecule has 2 aliphatic rings. The number of likely N-dealkylation sites (tertiary alicyclic amines) is 1. The van der Waals surface area contributed by atoms with Crippen LogP contribution in [0, 0.1) is 5.41 Å². The molecule has 5 nitrogen and oxygen atoms in total. The summed E-state index contributed by atoms with van der Waals surface area (Å²) in [4.78, 5) is 18.5. The van der Waals surface area contributed by atoms with Crippen molar-refractivity contribution in [1.82, 2.24) is 9.80 Å². The van der Waals surface area contributed by atoms with Gasteiger partial charge in [0.1, 0.15) is 5.75 Å². The molecule has 0 N–H and O–H groups in total. The highest BCUT2D eigenvalue weighted by Gasteiger charge is 2.64. The lowest BCUT2D eigenvalue weighted by atomic mass is 9.84. The Morgan fingerprint density at radius 2 is 1.72 bits per heavy atom. The molecular formula is C24H28F3N3O2. The molecule has 0 aromatic heterocycles. The molecule has 0 aliphatic carbocycles. The number of benzene rings is 2. The standard InChI is InChI=1S/C24H28F3N3O2/c1-32-21-9-5-8-20(16-21)29-12-14-30(15-13-29)22(31)23(24(25,26)27)10-11-28(18-23)17-19-6-3-2-4-7-19/h2-9,16H,10-15,17-18H2,1H3. The molecule has 2 heterocycles. The van der Waals surface area contributed by atoms with Crippen molar-refractivity contribution in [3.8, 4) is 5.75 Å². The van der Waals surface area contributed by atoms with E-state index in [-0.39, 0.29) is 32.6 Å². The number of piperazine rings is 1. The summed E-state index contributed by atoms with van der Waals surface area (Å²) in [6.07, 6.45) is -4.78. The number of anilines is 1. The largest absolute Gasteiger partial charge is 0.497 e. The van der Waals surface area contributed by atoms with E-state index < -0.39 is 17.5 Å². The Kier molecular flexibility index (Phi) is 6.33. The van der Waals surface area contributed by atoms with E-state index in [1.54, 1.807) is 12.0 Å². The highest BCUT2D eigenvalue weighted by Crippen LogP contribution is 2.47. The van der Waals surface area contributed by atoms with E-state index in [4.69, 9.17) is 4.74 Å². The van der Waals surface area contributed by atoms with Gasteiger partial charge in [0.25, 0.3) is 0 Å². The maximum atomic E-state index is 14.3. The highest BCUT2D eigenvalue weighted by atomic mass is 19.4. The minimum absolute atomic E-state index is 0.196. The Morgan fingerprint density at radius 1 is 1.00 bits per heavy atom. The van der Waals surface area contributed by atoms with Gasteiger partial charge in [-0.15, -0.1) is 0 Å². The van der Waals surface area contributed by atoms with Crippen LogP contribution in [-0.2, 0) is 11.3 Å². The predicted octanol–water partition coefficient (Wildman–Crippen LogP) is 3.80. The molecule has 2 aliphatic heterocycles. The number of nitrogens with zero attached hydrogens (tertiary/aromatic N) is 3. The Balaban J connectivity index is 1.44. The summed E-state index contributed by atoms with van der Waals surface area (Å²) in [5.41, 5.74) is -0.443. The number of carbonyl (C=O) groups is 1. The average Bonchev–Trinajstić information content (AvgIpc) is 3.24. The molecule has 8 heteroatoms. The number of alkyl halides is 3. The van der Waals surface area contributed by atoms with Gasteiger partial charge in [-0.1, -0.05) is 36.4 Å². The first-order valence-electron chi connectivity index (χ1n) is 10.8. The van der Waals surface area contributed by atoms with E-state index in [0.717, 1.165) is 17.0 Å². The van der Waals surface area contributed by atoms with Crippen LogP contribution in [0.3, 0.4) is 0 Å². The number of carbonyl (C=O) groups excluding carboxylic acids is 1. The molecule has 1 unspecified atom stereocenters. The third-order valence-electron chi connectivity index (χ3n) is 6.53. The van der Waals surface area contributed by atoms with Crippen molar-refractivity contribution >= 4 is 11.6 Å². The van der Waals surface area contributed by atoms with Crippen molar-refractivity contribution in [1.29, 1.82) is 0 Å². The van der Waals surface area contributed by atoms with E-state index in [9.17, 15) is 18.0 Å². The Hall–Kier alpha value is -2.74. The maximum absolute atomic E-state index is 14.3. The van der Waals surface area contributed by atoms with Gasteiger partial charge in [-0.05, 0) is 30.7 Å². The number of halogens is 3. The van der Waals surface area contributed by atoms with Gasteiger partial charge >= 0.3 is 6.18 Å². The van der Waals surface area contributed by atoms with Crippen LogP contribution < -0.4 is 9.64 Å². The van der Waals surface area contributed by atoms with Gasteiger partial charge in [0.15, 0.2) is 5.41 Å². The normalized spacial score (nSPS) is 22.2. The van der Waals surface area contributed by atoms with E-state index in [1.165, 1.54) is 4.90 Å². The van der Waals surface area contributed by atoms with Crippen LogP contribution in [-0.4, -0.2) is 68.3 Å². The topological polar surface area (TPSA) is 36.0 Å². The molecule has 2 aromatic carbocycles. The van der Waals surface area contributed by atoms with Gasteiger partial charge in [-0.2, -0.15) is 13.2 Å². The summed E-state index contributed by atoms with van der Waals surface area (Å²) in [6, 6.07) is 17.0. The highest BCUT2D eigenvalue weighted by molar-refractivity contribution is 5.84. The van der Waals surface area contributed by atoms with E-state index in [2.05, 4.69) is 4.90 Å². The Labute approximate surface area is 186 Å². The lowest BCUT2D eigenvalue weighted by Gasteiger charge is -2.41. The number of amides is 1. The first kappa shape index (κ1) is 22.5. The van der Waals surface area contributed by atoms with Gasteiger partial charge in [0.05, 0.1) is 7.11 Å². The lowest BCUT2D eigenvalue weighted by Crippen LogP contribution is -2.58.